The Bertz CT molecular complexity index is 765. The summed E-state index contributed by atoms with van der Waals surface area (Å²) >= 11 is 0. The van der Waals surface area contributed by atoms with Gasteiger partial charge in [0.15, 0.2) is 0 Å². The van der Waals surface area contributed by atoms with Gasteiger partial charge in [-0.15, -0.1) is 0 Å². The molecule has 0 radical (unpaired) electrons. The van der Waals surface area contributed by atoms with Gasteiger partial charge in [-0.25, -0.2) is 4.98 Å². The lowest BCUT2D eigenvalue weighted by Crippen LogP contribution is -2.00. The molecule has 0 aliphatic rings. The van der Waals surface area contributed by atoms with Crippen molar-refractivity contribution in [3.05, 3.63) is 35.9 Å². The molecule has 1 heterocycles. The van der Waals surface area contributed by atoms with Crippen LogP contribution in [-0.2, 0) is 6.42 Å². The van der Waals surface area contributed by atoms with Crippen LogP contribution in [0.25, 0.3) is 21.7 Å². The molecule has 0 amide bonds. The summed E-state index contributed by atoms with van der Waals surface area (Å²) in [5.74, 6) is 0.656. The second-order valence-electron chi connectivity index (χ2n) is 4.73. The van der Waals surface area contributed by atoms with Gasteiger partial charge in [-0.05, 0) is 28.8 Å². The van der Waals surface area contributed by atoms with Crippen molar-refractivity contribution in [2.75, 3.05) is 11.5 Å². The summed E-state index contributed by atoms with van der Waals surface area (Å²) in [5.41, 5.74) is 13.7. The van der Waals surface area contributed by atoms with E-state index < -0.39 is 0 Å². The molecule has 0 aliphatic heterocycles. The fourth-order valence-electron chi connectivity index (χ4n) is 2.50. The first-order valence-electron chi connectivity index (χ1n) is 6.43. The zero-order valence-electron chi connectivity index (χ0n) is 10.9. The highest BCUT2D eigenvalue weighted by Crippen LogP contribution is 2.29. The minimum atomic E-state index is 0.215. The van der Waals surface area contributed by atoms with E-state index >= 15 is 0 Å². The minimum Gasteiger partial charge on any atom is -0.383 e. The van der Waals surface area contributed by atoms with E-state index in [1.807, 2.05) is 6.07 Å². The number of anilines is 2. The monoisotopic (exact) mass is 252 g/mol. The number of hydrogen-bond acceptors (Lipinski definition) is 4. The fourth-order valence-corrected chi connectivity index (χ4v) is 2.50. The number of aryl methyl sites for hydroxylation is 1. The lowest BCUT2D eigenvalue weighted by atomic mass is 10.0. The van der Waals surface area contributed by atoms with Crippen molar-refractivity contribution in [1.29, 1.82) is 0 Å². The number of nitrogens with two attached hydrogens (primary N) is 2. The molecule has 19 heavy (non-hydrogen) atoms. The SMILES string of the molecule is CCCc1ccc2c(ccc3nc(N)nc(N)c32)c1. The van der Waals surface area contributed by atoms with E-state index in [2.05, 4.69) is 41.2 Å². The average Bonchev–Trinajstić information content (AvgIpc) is 2.38. The van der Waals surface area contributed by atoms with Crippen LogP contribution in [0.4, 0.5) is 11.8 Å². The molecular formula is C15H16N4. The minimum absolute atomic E-state index is 0.215. The summed E-state index contributed by atoms with van der Waals surface area (Å²) in [6, 6.07) is 10.4. The lowest BCUT2D eigenvalue weighted by Gasteiger charge is -2.08. The van der Waals surface area contributed by atoms with Crippen molar-refractivity contribution in [2.24, 2.45) is 0 Å². The zero-order chi connectivity index (χ0) is 13.4. The van der Waals surface area contributed by atoms with Crippen LogP contribution in [0.3, 0.4) is 0 Å². The predicted octanol–water partition coefficient (Wildman–Crippen LogP) is 2.90. The molecule has 3 aromatic rings. The largest absolute Gasteiger partial charge is 0.383 e. The molecule has 0 aliphatic carbocycles. The molecule has 4 N–H and O–H groups in total. The number of rotatable bonds is 2. The van der Waals surface area contributed by atoms with Crippen molar-refractivity contribution >= 4 is 33.4 Å². The van der Waals surface area contributed by atoms with Gasteiger partial charge in [-0.3, -0.25) is 0 Å². The first-order chi connectivity index (χ1) is 9.19. The Hall–Kier alpha value is -2.36. The van der Waals surface area contributed by atoms with Crippen LogP contribution in [0.5, 0.6) is 0 Å². The molecular weight excluding hydrogens is 236 g/mol. The molecule has 0 unspecified atom stereocenters. The zero-order valence-corrected chi connectivity index (χ0v) is 10.9. The van der Waals surface area contributed by atoms with Gasteiger partial charge in [-0.1, -0.05) is 37.6 Å². The van der Waals surface area contributed by atoms with Gasteiger partial charge in [0, 0.05) is 0 Å². The highest BCUT2D eigenvalue weighted by molar-refractivity contribution is 6.11. The van der Waals surface area contributed by atoms with E-state index in [4.69, 9.17) is 11.5 Å². The van der Waals surface area contributed by atoms with Gasteiger partial charge >= 0.3 is 0 Å². The van der Waals surface area contributed by atoms with Crippen LogP contribution >= 0.6 is 0 Å². The lowest BCUT2D eigenvalue weighted by molar-refractivity contribution is 0.924. The topological polar surface area (TPSA) is 77.8 Å². The summed E-state index contributed by atoms with van der Waals surface area (Å²) in [6.45, 7) is 2.18. The second-order valence-corrected chi connectivity index (χ2v) is 4.73. The Morgan fingerprint density at radius 3 is 2.68 bits per heavy atom. The summed E-state index contributed by atoms with van der Waals surface area (Å²) in [4.78, 5) is 8.29. The molecule has 0 atom stereocenters. The highest BCUT2D eigenvalue weighted by Gasteiger charge is 2.08. The van der Waals surface area contributed by atoms with E-state index in [1.165, 1.54) is 10.9 Å². The predicted molar refractivity (Wildman–Crippen MR) is 79.9 cm³/mol. The number of hydrogen-bond donors (Lipinski definition) is 2. The molecule has 1 aromatic heterocycles. The standard InChI is InChI=1S/C15H16N4/c1-2-3-9-4-6-11-10(8-9)5-7-12-13(11)14(16)19-15(17)18-12/h4-8H,2-3H2,1H3,(H4,16,17,18,19). The maximum atomic E-state index is 5.99. The Kier molecular flexibility index (Phi) is 2.71. The molecule has 4 heteroatoms. The molecule has 0 fully saturated rings. The maximum absolute atomic E-state index is 5.99. The van der Waals surface area contributed by atoms with Crippen LogP contribution in [0, 0.1) is 0 Å². The number of benzene rings is 2. The van der Waals surface area contributed by atoms with Crippen molar-refractivity contribution in [1.82, 2.24) is 9.97 Å². The number of fused-ring (bicyclic) bond motifs is 3. The first-order valence-corrected chi connectivity index (χ1v) is 6.43. The van der Waals surface area contributed by atoms with E-state index in [-0.39, 0.29) is 5.95 Å². The van der Waals surface area contributed by atoms with Crippen LogP contribution in [0.1, 0.15) is 18.9 Å². The quantitative estimate of drug-likeness (QED) is 0.687. The van der Waals surface area contributed by atoms with Crippen LogP contribution < -0.4 is 11.5 Å². The van der Waals surface area contributed by atoms with Crippen LogP contribution in [0.15, 0.2) is 30.3 Å². The second kappa shape index (κ2) is 4.39. The van der Waals surface area contributed by atoms with Gasteiger partial charge in [0.25, 0.3) is 0 Å². The summed E-state index contributed by atoms with van der Waals surface area (Å²) in [5, 5.41) is 3.13. The van der Waals surface area contributed by atoms with Gasteiger partial charge in [0.05, 0.1) is 10.9 Å². The first kappa shape index (κ1) is 11.7. The van der Waals surface area contributed by atoms with Gasteiger partial charge < -0.3 is 11.5 Å². The Balaban J connectivity index is 2.34. The highest BCUT2D eigenvalue weighted by atomic mass is 15.0. The normalized spacial score (nSPS) is 11.2. The van der Waals surface area contributed by atoms with E-state index in [0.717, 1.165) is 29.1 Å². The third kappa shape index (κ3) is 1.95. The summed E-state index contributed by atoms with van der Waals surface area (Å²) in [6.07, 6.45) is 2.22. The summed E-state index contributed by atoms with van der Waals surface area (Å²) in [7, 11) is 0. The van der Waals surface area contributed by atoms with Crippen molar-refractivity contribution in [3.8, 4) is 0 Å². The molecule has 96 valence electrons. The molecule has 0 bridgehead atoms. The summed E-state index contributed by atoms with van der Waals surface area (Å²) < 4.78 is 0. The molecule has 0 saturated heterocycles. The van der Waals surface area contributed by atoms with Crippen molar-refractivity contribution in [3.63, 3.8) is 0 Å². The molecule has 4 nitrogen and oxygen atoms in total. The Morgan fingerprint density at radius 2 is 1.89 bits per heavy atom. The Labute approximate surface area is 111 Å². The Morgan fingerprint density at radius 1 is 1.05 bits per heavy atom. The third-order valence-electron chi connectivity index (χ3n) is 3.33. The molecule has 0 spiro atoms. The third-order valence-corrected chi connectivity index (χ3v) is 3.33. The van der Waals surface area contributed by atoms with E-state index in [9.17, 15) is 0 Å². The number of nitrogens with zero attached hydrogens (tertiary/aromatic N) is 2. The van der Waals surface area contributed by atoms with Crippen LogP contribution in [0.2, 0.25) is 0 Å². The van der Waals surface area contributed by atoms with Crippen LogP contribution in [-0.4, -0.2) is 9.97 Å². The van der Waals surface area contributed by atoms with E-state index in [1.54, 1.807) is 0 Å². The molecule has 0 saturated carbocycles. The van der Waals surface area contributed by atoms with E-state index in [0.29, 0.717) is 5.82 Å². The van der Waals surface area contributed by atoms with Gasteiger partial charge in [0.1, 0.15) is 5.82 Å². The smallest absolute Gasteiger partial charge is 0.222 e. The molecule has 3 rings (SSSR count). The maximum Gasteiger partial charge on any atom is 0.222 e. The number of nitrogen functional groups attached to an aromatic ring is 2. The fraction of sp³-hybridized carbons (Fsp3) is 0.200. The average molecular weight is 252 g/mol. The van der Waals surface area contributed by atoms with Crippen molar-refractivity contribution < 1.29 is 0 Å². The van der Waals surface area contributed by atoms with Gasteiger partial charge in [-0.2, -0.15) is 4.98 Å². The van der Waals surface area contributed by atoms with Crippen molar-refractivity contribution in [2.45, 2.75) is 19.8 Å². The van der Waals surface area contributed by atoms with Gasteiger partial charge in [0.2, 0.25) is 5.95 Å². The molecule has 2 aromatic carbocycles. The number of aromatic nitrogens is 2.